The number of carbonyl (C=O) groups excluding carboxylic acids is 2. The molecule has 0 spiro atoms. The van der Waals surface area contributed by atoms with Crippen LogP contribution in [0.3, 0.4) is 0 Å². The van der Waals surface area contributed by atoms with Crippen LogP contribution in [0.2, 0.25) is 10.0 Å². The molecular weight excluding hydrogens is 407 g/mol. The van der Waals surface area contributed by atoms with E-state index in [0.717, 1.165) is 25.9 Å². The number of hydrogen-bond donors (Lipinski definition) is 1. The summed E-state index contributed by atoms with van der Waals surface area (Å²) in [7, 11) is 0. The predicted octanol–water partition coefficient (Wildman–Crippen LogP) is 5.84. The van der Waals surface area contributed by atoms with E-state index in [2.05, 4.69) is 29.2 Å². The topological polar surface area (TPSA) is 53.2 Å². The van der Waals surface area contributed by atoms with E-state index < -0.39 is 0 Å². The number of amides is 1. The molecule has 4 rings (SSSR count). The van der Waals surface area contributed by atoms with Crippen molar-refractivity contribution in [2.45, 2.75) is 31.6 Å². The maximum absolute atomic E-state index is 12.7. The summed E-state index contributed by atoms with van der Waals surface area (Å²) in [4.78, 5) is 30.2. The number of piperidine rings is 1. The van der Waals surface area contributed by atoms with Crippen molar-refractivity contribution in [1.82, 2.24) is 9.88 Å². The lowest BCUT2D eigenvalue weighted by Crippen LogP contribution is -2.38. The average Bonchev–Trinajstić information content (AvgIpc) is 3.17. The quantitative estimate of drug-likeness (QED) is 0.518. The van der Waals surface area contributed by atoms with Crippen LogP contribution < -0.4 is 0 Å². The summed E-state index contributed by atoms with van der Waals surface area (Å²) in [6, 6.07) is 13.8. The molecule has 1 saturated heterocycles. The van der Waals surface area contributed by atoms with Crippen molar-refractivity contribution in [3.05, 3.63) is 69.8 Å². The number of likely N-dealkylation sites (tertiary alicyclic amines) is 1. The van der Waals surface area contributed by atoms with Crippen LogP contribution in [0.25, 0.3) is 10.9 Å². The molecule has 1 fully saturated rings. The Hall–Kier alpha value is -2.30. The normalized spacial score (nSPS) is 15.0. The van der Waals surface area contributed by atoms with E-state index in [4.69, 9.17) is 23.2 Å². The van der Waals surface area contributed by atoms with E-state index in [-0.39, 0.29) is 24.5 Å². The summed E-state index contributed by atoms with van der Waals surface area (Å²) in [6.07, 6.45) is 3.96. The number of aromatic amines is 1. The standard InChI is InChI=1S/C23H22Cl2N2O2/c24-17-12-18-19(14-26-23(18)20(25)13-17)21(28)6-7-22(29)27-10-8-16(9-11-27)15-4-2-1-3-5-15/h1-5,12-14,16,26H,6-11H2. The Morgan fingerprint density at radius 1 is 1.03 bits per heavy atom. The Kier molecular flexibility index (Phi) is 5.93. The molecule has 6 heteroatoms. The second-order valence-electron chi connectivity index (χ2n) is 7.50. The van der Waals surface area contributed by atoms with Gasteiger partial charge in [-0.1, -0.05) is 53.5 Å². The zero-order chi connectivity index (χ0) is 20.4. The van der Waals surface area contributed by atoms with Crippen molar-refractivity contribution in [2.24, 2.45) is 0 Å². The molecule has 0 bridgehead atoms. The molecule has 0 unspecified atom stereocenters. The largest absolute Gasteiger partial charge is 0.359 e. The van der Waals surface area contributed by atoms with E-state index in [1.54, 1.807) is 18.3 Å². The molecule has 150 valence electrons. The minimum absolute atomic E-state index is 0.0424. The highest BCUT2D eigenvalue weighted by Gasteiger charge is 2.24. The molecule has 29 heavy (non-hydrogen) atoms. The molecular formula is C23H22Cl2N2O2. The molecule has 1 aromatic heterocycles. The SMILES string of the molecule is O=C(CCC(=O)N1CCC(c2ccccc2)CC1)c1c[nH]c2c(Cl)cc(Cl)cc12. The third kappa shape index (κ3) is 4.34. The number of Topliss-reactive ketones (excluding diaryl/α,β-unsaturated/α-hetero) is 1. The van der Waals surface area contributed by atoms with E-state index >= 15 is 0 Å². The first-order chi connectivity index (χ1) is 14.0. The lowest BCUT2D eigenvalue weighted by Gasteiger charge is -2.32. The number of rotatable bonds is 5. The molecule has 1 amide bonds. The second kappa shape index (κ2) is 8.60. The smallest absolute Gasteiger partial charge is 0.223 e. The number of benzene rings is 2. The Labute approximate surface area is 179 Å². The number of H-pyrrole nitrogens is 1. The van der Waals surface area contributed by atoms with E-state index in [9.17, 15) is 9.59 Å². The van der Waals surface area contributed by atoms with Crippen molar-refractivity contribution in [1.29, 1.82) is 0 Å². The number of fused-ring (bicyclic) bond motifs is 1. The number of halogens is 2. The summed E-state index contributed by atoms with van der Waals surface area (Å²) < 4.78 is 0. The van der Waals surface area contributed by atoms with E-state index in [0.29, 0.717) is 32.4 Å². The first kappa shape index (κ1) is 20.0. The molecule has 0 atom stereocenters. The average molecular weight is 429 g/mol. The molecule has 1 aliphatic heterocycles. The minimum Gasteiger partial charge on any atom is -0.359 e. The number of ketones is 1. The van der Waals surface area contributed by atoms with Crippen LogP contribution >= 0.6 is 23.2 Å². The van der Waals surface area contributed by atoms with Gasteiger partial charge >= 0.3 is 0 Å². The zero-order valence-electron chi connectivity index (χ0n) is 16.0. The molecule has 1 aliphatic rings. The predicted molar refractivity (Wildman–Crippen MR) is 117 cm³/mol. The van der Waals surface area contributed by atoms with Gasteiger partial charge in [-0.15, -0.1) is 0 Å². The van der Waals surface area contributed by atoms with Crippen molar-refractivity contribution in [2.75, 3.05) is 13.1 Å². The van der Waals surface area contributed by atoms with Crippen molar-refractivity contribution in [3.8, 4) is 0 Å². The van der Waals surface area contributed by atoms with Gasteiger partial charge in [-0.25, -0.2) is 0 Å². The molecule has 0 aliphatic carbocycles. The fourth-order valence-corrected chi connectivity index (χ4v) is 4.63. The maximum atomic E-state index is 12.7. The second-order valence-corrected chi connectivity index (χ2v) is 8.35. The van der Waals surface area contributed by atoms with Gasteiger partial charge in [0.1, 0.15) is 0 Å². The van der Waals surface area contributed by atoms with Gasteiger partial charge in [0.05, 0.1) is 10.5 Å². The zero-order valence-corrected chi connectivity index (χ0v) is 17.5. The Bertz CT molecular complexity index is 1040. The summed E-state index contributed by atoms with van der Waals surface area (Å²) in [5.41, 5.74) is 2.56. The van der Waals surface area contributed by atoms with Crippen LogP contribution in [-0.2, 0) is 4.79 Å². The first-order valence-corrected chi connectivity index (χ1v) is 10.6. The highest BCUT2D eigenvalue weighted by molar-refractivity contribution is 6.39. The summed E-state index contributed by atoms with van der Waals surface area (Å²) >= 11 is 12.2. The summed E-state index contributed by atoms with van der Waals surface area (Å²) in [5.74, 6) is 0.463. The first-order valence-electron chi connectivity index (χ1n) is 9.85. The number of nitrogens with zero attached hydrogens (tertiary/aromatic N) is 1. The van der Waals surface area contributed by atoms with Gasteiger partial charge in [0.25, 0.3) is 0 Å². The Balaban J connectivity index is 1.34. The highest BCUT2D eigenvalue weighted by atomic mass is 35.5. The monoisotopic (exact) mass is 428 g/mol. The fourth-order valence-electron chi connectivity index (χ4n) is 4.09. The van der Waals surface area contributed by atoms with Crippen LogP contribution in [0.15, 0.2) is 48.7 Å². The number of carbonyl (C=O) groups is 2. The minimum atomic E-state index is -0.0814. The molecule has 2 aromatic carbocycles. The van der Waals surface area contributed by atoms with Gasteiger partial charge in [-0.05, 0) is 36.5 Å². The van der Waals surface area contributed by atoms with Gasteiger partial charge < -0.3 is 9.88 Å². The third-order valence-corrected chi connectivity index (χ3v) is 6.21. The summed E-state index contributed by atoms with van der Waals surface area (Å²) in [5, 5.41) is 1.65. The third-order valence-electron chi connectivity index (χ3n) is 5.69. The number of hydrogen-bond acceptors (Lipinski definition) is 2. The maximum Gasteiger partial charge on any atom is 0.223 e. The van der Waals surface area contributed by atoms with Crippen LogP contribution in [0.4, 0.5) is 0 Å². The van der Waals surface area contributed by atoms with Crippen LogP contribution in [0.1, 0.15) is 47.5 Å². The highest BCUT2D eigenvalue weighted by Crippen LogP contribution is 2.31. The van der Waals surface area contributed by atoms with E-state index in [1.165, 1.54) is 5.56 Å². The molecule has 1 N–H and O–H groups in total. The number of nitrogens with one attached hydrogen (secondary N) is 1. The van der Waals surface area contributed by atoms with Crippen LogP contribution in [0.5, 0.6) is 0 Å². The fraction of sp³-hybridized carbons (Fsp3) is 0.304. The van der Waals surface area contributed by atoms with E-state index in [1.807, 2.05) is 11.0 Å². The molecule has 2 heterocycles. The molecule has 4 nitrogen and oxygen atoms in total. The molecule has 0 radical (unpaired) electrons. The van der Waals surface area contributed by atoms with Gasteiger partial charge in [0, 0.05) is 48.1 Å². The molecule has 0 saturated carbocycles. The Morgan fingerprint density at radius 2 is 1.76 bits per heavy atom. The van der Waals surface area contributed by atoms with Gasteiger partial charge in [0.2, 0.25) is 5.91 Å². The Morgan fingerprint density at radius 3 is 2.48 bits per heavy atom. The van der Waals surface area contributed by atoms with Crippen molar-refractivity contribution >= 4 is 45.8 Å². The van der Waals surface area contributed by atoms with Crippen LogP contribution in [0, 0.1) is 0 Å². The van der Waals surface area contributed by atoms with Gasteiger partial charge in [0.15, 0.2) is 5.78 Å². The van der Waals surface area contributed by atoms with Gasteiger partial charge in [-0.2, -0.15) is 0 Å². The van der Waals surface area contributed by atoms with Gasteiger partial charge in [-0.3, -0.25) is 9.59 Å². The molecule has 3 aromatic rings. The van der Waals surface area contributed by atoms with Crippen molar-refractivity contribution in [3.63, 3.8) is 0 Å². The lowest BCUT2D eigenvalue weighted by molar-refractivity contribution is -0.132. The van der Waals surface area contributed by atoms with Crippen molar-refractivity contribution < 1.29 is 9.59 Å². The van der Waals surface area contributed by atoms with Crippen LogP contribution in [-0.4, -0.2) is 34.7 Å². The number of aromatic nitrogens is 1. The lowest BCUT2D eigenvalue weighted by atomic mass is 9.89. The summed E-state index contributed by atoms with van der Waals surface area (Å²) in [6.45, 7) is 1.48.